The zero-order chi connectivity index (χ0) is 17.2. The first-order valence-corrected chi connectivity index (χ1v) is 8.98. The Morgan fingerprint density at radius 3 is 2.58 bits per heavy atom. The largest absolute Gasteiger partial charge is 0.479 e. The molecule has 0 aromatic carbocycles. The Kier molecular flexibility index (Phi) is 5.18. The summed E-state index contributed by atoms with van der Waals surface area (Å²) in [5.41, 5.74) is -0.433. The molecule has 3 rings (SSSR count). The number of carbonyl (C=O) groups is 1. The normalized spacial score (nSPS) is 27.0. The SMILES string of the molecule is CC(C)(C)OC(=O)N1[C@@H]2CC[C@H]1CN(CCCOC1=NOCC1)C2. The van der Waals surface area contributed by atoms with Gasteiger partial charge in [-0.25, -0.2) is 4.79 Å². The highest BCUT2D eigenvalue weighted by molar-refractivity contribution is 5.76. The van der Waals surface area contributed by atoms with Gasteiger partial charge in [-0.05, 0) is 40.0 Å². The highest BCUT2D eigenvalue weighted by Crippen LogP contribution is 2.31. The van der Waals surface area contributed by atoms with Crippen LogP contribution >= 0.6 is 0 Å². The maximum atomic E-state index is 12.4. The summed E-state index contributed by atoms with van der Waals surface area (Å²) in [6.07, 6.45) is 3.73. The Balaban J connectivity index is 1.42. The van der Waals surface area contributed by atoms with Crippen LogP contribution in [0.2, 0.25) is 0 Å². The van der Waals surface area contributed by atoms with Crippen molar-refractivity contribution >= 4 is 12.0 Å². The molecular formula is C17H29N3O4. The van der Waals surface area contributed by atoms with Crippen molar-refractivity contribution in [2.24, 2.45) is 5.16 Å². The smallest absolute Gasteiger partial charge is 0.410 e. The lowest BCUT2D eigenvalue weighted by atomic mass is 10.2. The molecular weight excluding hydrogens is 310 g/mol. The van der Waals surface area contributed by atoms with Crippen molar-refractivity contribution in [1.29, 1.82) is 0 Å². The van der Waals surface area contributed by atoms with E-state index in [1.807, 2.05) is 25.7 Å². The van der Waals surface area contributed by atoms with E-state index >= 15 is 0 Å². The van der Waals surface area contributed by atoms with E-state index < -0.39 is 5.60 Å². The van der Waals surface area contributed by atoms with E-state index in [0.717, 1.165) is 45.3 Å². The lowest BCUT2D eigenvalue weighted by Crippen LogP contribution is -2.56. The van der Waals surface area contributed by atoms with E-state index in [9.17, 15) is 4.79 Å². The molecule has 0 aliphatic carbocycles. The van der Waals surface area contributed by atoms with Gasteiger partial charge in [0.05, 0.1) is 13.0 Å². The molecule has 7 nitrogen and oxygen atoms in total. The summed E-state index contributed by atoms with van der Waals surface area (Å²) in [7, 11) is 0. The van der Waals surface area contributed by atoms with Gasteiger partial charge in [-0.1, -0.05) is 5.16 Å². The number of carbonyl (C=O) groups excluding carboxylic acids is 1. The van der Waals surface area contributed by atoms with Crippen LogP contribution in [0.15, 0.2) is 5.16 Å². The topological polar surface area (TPSA) is 63.6 Å². The van der Waals surface area contributed by atoms with Crippen molar-refractivity contribution in [3.05, 3.63) is 0 Å². The van der Waals surface area contributed by atoms with Crippen molar-refractivity contribution in [1.82, 2.24) is 9.80 Å². The Hall–Kier alpha value is -1.50. The third kappa shape index (κ3) is 4.32. The Morgan fingerprint density at radius 2 is 2.00 bits per heavy atom. The van der Waals surface area contributed by atoms with Crippen LogP contribution in [0.25, 0.3) is 0 Å². The van der Waals surface area contributed by atoms with Gasteiger partial charge in [0.1, 0.15) is 12.2 Å². The molecule has 3 aliphatic rings. The lowest BCUT2D eigenvalue weighted by molar-refractivity contribution is -0.00489. The van der Waals surface area contributed by atoms with Gasteiger partial charge in [-0.3, -0.25) is 9.80 Å². The average Bonchev–Trinajstić information content (AvgIpc) is 3.09. The molecule has 2 saturated heterocycles. The molecule has 24 heavy (non-hydrogen) atoms. The molecule has 0 N–H and O–H groups in total. The summed E-state index contributed by atoms with van der Waals surface area (Å²) in [6.45, 7) is 9.91. The fourth-order valence-corrected chi connectivity index (χ4v) is 3.66. The van der Waals surface area contributed by atoms with Gasteiger partial charge in [-0.2, -0.15) is 0 Å². The maximum Gasteiger partial charge on any atom is 0.410 e. The number of piperazine rings is 1. The molecule has 2 bridgehead atoms. The van der Waals surface area contributed by atoms with Gasteiger partial charge in [0.15, 0.2) is 0 Å². The first-order chi connectivity index (χ1) is 11.4. The zero-order valence-corrected chi connectivity index (χ0v) is 15.0. The van der Waals surface area contributed by atoms with Crippen LogP contribution in [0, 0.1) is 0 Å². The summed E-state index contributed by atoms with van der Waals surface area (Å²) < 4.78 is 11.2. The summed E-state index contributed by atoms with van der Waals surface area (Å²) in [5, 5.41) is 3.84. The van der Waals surface area contributed by atoms with Crippen LogP contribution in [0.1, 0.15) is 46.5 Å². The van der Waals surface area contributed by atoms with Gasteiger partial charge in [0.25, 0.3) is 0 Å². The third-order valence-electron chi connectivity index (χ3n) is 4.62. The Labute approximate surface area is 143 Å². The second kappa shape index (κ2) is 7.17. The van der Waals surface area contributed by atoms with Crippen LogP contribution in [0.3, 0.4) is 0 Å². The predicted octanol–water partition coefficient (Wildman–Crippen LogP) is 2.21. The summed E-state index contributed by atoms with van der Waals surface area (Å²) in [4.78, 5) is 21.8. The molecule has 3 aliphatic heterocycles. The quantitative estimate of drug-likeness (QED) is 0.735. The number of hydrogen-bond donors (Lipinski definition) is 0. The number of likely N-dealkylation sites (tertiary alicyclic amines) is 1. The van der Waals surface area contributed by atoms with E-state index in [1.54, 1.807) is 0 Å². The van der Waals surface area contributed by atoms with Gasteiger partial charge >= 0.3 is 6.09 Å². The molecule has 7 heteroatoms. The zero-order valence-electron chi connectivity index (χ0n) is 15.0. The highest BCUT2D eigenvalue weighted by atomic mass is 16.7. The van der Waals surface area contributed by atoms with Gasteiger partial charge in [-0.15, -0.1) is 0 Å². The van der Waals surface area contributed by atoms with Crippen molar-refractivity contribution in [2.75, 3.05) is 32.8 Å². The van der Waals surface area contributed by atoms with Gasteiger partial charge in [0, 0.05) is 31.7 Å². The fourth-order valence-electron chi connectivity index (χ4n) is 3.66. The average molecular weight is 339 g/mol. The van der Waals surface area contributed by atoms with Crippen molar-refractivity contribution in [3.8, 4) is 0 Å². The second-order valence-electron chi connectivity index (χ2n) is 7.80. The number of ether oxygens (including phenoxy) is 2. The summed E-state index contributed by atoms with van der Waals surface area (Å²) in [6, 6.07) is 0.569. The summed E-state index contributed by atoms with van der Waals surface area (Å²) in [5.74, 6) is 0.713. The monoisotopic (exact) mass is 339 g/mol. The molecule has 1 amide bonds. The van der Waals surface area contributed by atoms with Crippen molar-refractivity contribution in [3.63, 3.8) is 0 Å². The van der Waals surface area contributed by atoms with E-state index in [0.29, 0.717) is 19.1 Å². The minimum absolute atomic E-state index is 0.155. The van der Waals surface area contributed by atoms with Crippen LogP contribution in [0.5, 0.6) is 0 Å². The minimum atomic E-state index is -0.433. The fraction of sp³-hybridized carbons (Fsp3) is 0.882. The molecule has 136 valence electrons. The number of oxime groups is 1. The van der Waals surface area contributed by atoms with E-state index in [2.05, 4.69) is 10.1 Å². The third-order valence-corrected chi connectivity index (χ3v) is 4.62. The first kappa shape index (κ1) is 17.3. The Morgan fingerprint density at radius 1 is 1.29 bits per heavy atom. The summed E-state index contributed by atoms with van der Waals surface area (Å²) >= 11 is 0. The van der Waals surface area contributed by atoms with Crippen LogP contribution in [0.4, 0.5) is 4.79 Å². The number of fused-ring (bicyclic) bond motifs is 2. The maximum absolute atomic E-state index is 12.4. The second-order valence-corrected chi connectivity index (χ2v) is 7.80. The van der Waals surface area contributed by atoms with Gasteiger partial charge in [0.2, 0.25) is 5.90 Å². The highest BCUT2D eigenvalue weighted by Gasteiger charge is 2.43. The van der Waals surface area contributed by atoms with Gasteiger partial charge < -0.3 is 14.3 Å². The minimum Gasteiger partial charge on any atom is -0.479 e. The van der Waals surface area contributed by atoms with Crippen LogP contribution in [-0.4, -0.2) is 72.3 Å². The number of amides is 1. The molecule has 0 radical (unpaired) electrons. The van der Waals surface area contributed by atoms with Crippen LogP contribution in [-0.2, 0) is 14.3 Å². The number of hydrogen-bond acceptors (Lipinski definition) is 6. The Bertz CT molecular complexity index is 475. The molecule has 0 aromatic rings. The van der Waals surface area contributed by atoms with Crippen LogP contribution < -0.4 is 0 Å². The molecule has 0 spiro atoms. The first-order valence-electron chi connectivity index (χ1n) is 8.98. The predicted molar refractivity (Wildman–Crippen MR) is 89.9 cm³/mol. The lowest BCUT2D eigenvalue weighted by Gasteiger charge is -2.41. The molecule has 0 saturated carbocycles. The van der Waals surface area contributed by atoms with E-state index in [-0.39, 0.29) is 18.2 Å². The standard InChI is InChI=1S/C17H29N3O4/c1-17(2,3)24-16(21)20-13-5-6-14(20)12-19(11-13)8-4-9-22-15-7-10-23-18-15/h13-14H,4-12H2,1-3H3/t13-,14+. The van der Waals surface area contributed by atoms with E-state index in [4.69, 9.17) is 14.3 Å². The van der Waals surface area contributed by atoms with Crippen molar-refractivity contribution in [2.45, 2.75) is 64.1 Å². The molecule has 3 heterocycles. The number of rotatable bonds is 4. The molecule has 2 atom stereocenters. The van der Waals surface area contributed by atoms with E-state index in [1.165, 1.54) is 0 Å². The van der Waals surface area contributed by atoms with Crippen molar-refractivity contribution < 1.29 is 19.1 Å². The molecule has 2 fully saturated rings. The molecule has 0 unspecified atom stereocenters. The number of nitrogens with zero attached hydrogens (tertiary/aromatic N) is 3. The molecule has 0 aromatic heterocycles.